The number of fused-ring (bicyclic) bond motifs is 2. The number of methoxy groups -OCH3 is 1. The third kappa shape index (κ3) is 3.89. The van der Waals surface area contributed by atoms with Crippen LogP contribution in [0.2, 0.25) is 10.0 Å². The van der Waals surface area contributed by atoms with Gasteiger partial charge in [-0.2, -0.15) is 0 Å². The smallest absolute Gasteiger partial charge is 0.263 e. The first-order chi connectivity index (χ1) is 14.3. The number of carbonyl (C=O) groups is 1. The van der Waals surface area contributed by atoms with E-state index in [2.05, 4.69) is 10.0 Å². The molecule has 0 spiro atoms. The molecule has 7 nitrogen and oxygen atoms in total. The largest absolute Gasteiger partial charge is 0.497 e. The summed E-state index contributed by atoms with van der Waals surface area (Å²) in [4.78, 5) is 12.5. The van der Waals surface area contributed by atoms with Crippen LogP contribution in [0.3, 0.4) is 0 Å². The predicted molar refractivity (Wildman–Crippen MR) is 115 cm³/mol. The Morgan fingerprint density at radius 2 is 1.77 bits per heavy atom. The minimum Gasteiger partial charge on any atom is -0.497 e. The molecule has 0 saturated heterocycles. The van der Waals surface area contributed by atoms with Crippen LogP contribution in [0.25, 0.3) is 0 Å². The highest BCUT2D eigenvalue weighted by molar-refractivity contribution is 7.92. The molecular weight excluding hydrogens is 451 g/mol. The van der Waals surface area contributed by atoms with Gasteiger partial charge in [0.15, 0.2) is 5.75 Å². The molecule has 0 unspecified atom stereocenters. The topological polar surface area (TPSA) is 93.7 Å². The third-order valence-corrected chi connectivity index (χ3v) is 6.41. The highest BCUT2D eigenvalue weighted by atomic mass is 35.5. The normalized spacial score (nSPS) is 12.7. The molecule has 0 radical (unpaired) electrons. The van der Waals surface area contributed by atoms with Crippen LogP contribution in [0.5, 0.6) is 17.2 Å². The van der Waals surface area contributed by atoms with Crippen molar-refractivity contribution in [3.63, 3.8) is 0 Å². The first kappa shape index (κ1) is 20.3. The number of halogens is 2. The van der Waals surface area contributed by atoms with Gasteiger partial charge < -0.3 is 14.8 Å². The van der Waals surface area contributed by atoms with Crippen LogP contribution in [0.4, 0.5) is 11.4 Å². The maximum atomic E-state index is 12.8. The lowest BCUT2D eigenvalue weighted by molar-refractivity contribution is 0.102. The molecule has 3 aromatic carbocycles. The summed E-state index contributed by atoms with van der Waals surface area (Å²) in [6, 6.07) is 13.4. The summed E-state index contributed by atoms with van der Waals surface area (Å²) >= 11 is 12.1. The molecule has 0 atom stereocenters. The van der Waals surface area contributed by atoms with E-state index in [9.17, 15) is 13.2 Å². The zero-order valence-corrected chi connectivity index (χ0v) is 17.7. The number of carbonyl (C=O) groups excluding carboxylic acids is 1. The lowest BCUT2D eigenvalue weighted by Crippen LogP contribution is -2.15. The van der Waals surface area contributed by atoms with Crippen molar-refractivity contribution >= 4 is 50.5 Å². The number of nitrogens with one attached hydrogen (secondary N) is 2. The Kier molecular flexibility index (Phi) is 5.23. The Morgan fingerprint density at radius 1 is 1.00 bits per heavy atom. The summed E-state index contributed by atoms with van der Waals surface area (Å²) in [5.74, 6) is 0.663. The van der Waals surface area contributed by atoms with Gasteiger partial charge in [0, 0.05) is 16.8 Å². The molecule has 1 heterocycles. The van der Waals surface area contributed by atoms with Crippen LogP contribution >= 0.6 is 23.2 Å². The maximum Gasteiger partial charge on any atom is 0.263 e. The maximum absolute atomic E-state index is 12.8. The fraction of sp³-hybridized carbons (Fsp3) is 0.0500. The van der Waals surface area contributed by atoms with E-state index < -0.39 is 15.9 Å². The standard InChI is InChI=1S/C20H14Cl2N2O5S/c1-28-13-4-7-19(15(22)10-13)30(26,27)24-12-3-6-17-14(9-12)20(25)23-16-8-11(21)2-5-18(16)29-17/h2-10,24H,1H3,(H,23,25). The SMILES string of the molecule is COc1ccc(S(=O)(=O)Nc2ccc3c(c2)C(=O)Nc2cc(Cl)ccc2O3)c(Cl)c1. The fourth-order valence-electron chi connectivity index (χ4n) is 2.89. The van der Waals surface area contributed by atoms with Crippen molar-refractivity contribution in [3.8, 4) is 17.2 Å². The van der Waals surface area contributed by atoms with Crippen LogP contribution in [0.1, 0.15) is 10.4 Å². The molecule has 1 aliphatic rings. The molecule has 0 saturated carbocycles. The lowest BCUT2D eigenvalue weighted by Gasteiger charge is -2.12. The second-order valence-electron chi connectivity index (χ2n) is 6.31. The Balaban J connectivity index is 1.66. The van der Waals surface area contributed by atoms with E-state index >= 15 is 0 Å². The predicted octanol–water partition coefficient (Wildman–Crippen LogP) is 5.16. The number of rotatable bonds is 4. The number of hydrogen-bond donors (Lipinski definition) is 2. The van der Waals surface area contributed by atoms with Crippen molar-refractivity contribution in [2.45, 2.75) is 4.90 Å². The minimum absolute atomic E-state index is 0.00464. The van der Waals surface area contributed by atoms with Gasteiger partial charge in [-0.3, -0.25) is 9.52 Å². The van der Waals surface area contributed by atoms with E-state index in [-0.39, 0.29) is 26.9 Å². The molecule has 2 N–H and O–H groups in total. The van der Waals surface area contributed by atoms with Crippen LogP contribution in [-0.4, -0.2) is 21.4 Å². The first-order valence-electron chi connectivity index (χ1n) is 8.56. The second kappa shape index (κ2) is 7.71. The Bertz CT molecular complexity index is 1280. The Morgan fingerprint density at radius 3 is 2.50 bits per heavy atom. The Hall–Kier alpha value is -2.94. The van der Waals surface area contributed by atoms with Crippen molar-refractivity contribution in [1.29, 1.82) is 0 Å². The number of anilines is 2. The molecule has 0 bridgehead atoms. The highest BCUT2D eigenvalue weighted by Gasteiger charge is 2.24. The van der Waals surface area contributed by atoms with Gasteiger partial charge >= 0.3 is 0 Å². The monoisotopic (exact) mass is 464 g/mol. The molecule has 0 aromatic heterocycles. The zero-order chi connectivity index (χ0) is 21.5. The van der Waals surface area contributed by atoms with Crippen LogP contribution in [-0.2, 0) is 10.0 Å². The van der Waals surface area contributed by atoms with Gasteiger partial charge in [0.1, 0.15) is 16.4 Å². The van der Waals surface area contributed by atoms with Crippen LogP contribution < -0.4 is 19.5 Å². The summed E-state index contributed by atoms with van der Waals surface area (Å²) in [5.41, 5.74) is 0.738. The second-order valence-corrected chi connectivity index (χ2v) is 8.80. The molecule has 1 aliphatic heterocycles. The number of ether oxygens (including phenoxy) is 2. The molecule has 3 aromatic rings. The summed E-state index contributed by atoms with van der Waals surface area (Å²) in [5, 5.41) is 3.15. The third-order valence-electron chi connectivity index (χ3n) is 4.31. The average Bonchev–Trinajstić information content (AvgIpc) is 2.83. The molecule has 154 valence electrons. The van der Waals surface area contributed by atoms with E-state index in [0.717, 1.165) is 0 Å². The molecule has 10 heteroatoms. The summed E-state index contributed by atoms with van der Waals surface area (Å²) in [6.07, 6.45) is 0. The minimum atomic E-state index is -4.01. The number of benzene rings is 3. The molecule has 30 heavy (non-hydrogen) atoms. The Labute approximate surface area is 182 Å². The zero-order valence-electron chi connectivity index (χ0n) is 15.4. The van der Waals surface area contributed by atoms with Crippen molar-refractivity contribution in [1.82, 2.24) is 0 Å². The van der Waals surface area contributed by atoms with Gasteiger partial charge in [0.2, 0.25) is 0 Å². The van der Waals surface area contributed by atoms with Gasteiger partial charge in [0.05, 0.1) is 23.4 Å². The van der Waals surface area contributed by atoms with Gasteiger partial charge in [-0.1, -0.05) is 23.2 Å². The summed E-state index contributed by atoms with van der Waals surface area (Å²) in [6.45, 7) is 0. The lowest BCUT2D eigenvalue weighted by atomic mass is 10.1. The fourth-order valence-corrected chi connectivity index (χ4v) is 4.65. The molecule has 4 rings (SSSR count). The summed E-state index contributed by atoms with van der Waals surface area (Å²) < 4.78 is 38.8. The van der Waals surface area contributed by atoms with Crippen molar-refractivity contribution in [2.24, 2.45) is 0 Å². The van der Waals surface area contributed by atoms with Crippen molar-refractivity contribution in [3.05, 3.63) is 70.2 Å². The van der Waals surface area contributed by atoms with E-state index in [1.165, 1.54) is 43.5 Å². The quantitative estimate of drug-likeness (QED) is 0.555. The van der Waals surface area contributed by atoms with E-state index in [4.69, 9.17) is 32.7 Å². The molecule has 0 fully saturated rings. The van der Waals surface area contributed by atoms with Crippen LogP contribution in [0.15, 0.2) is 59.5 Å². The molecule has 1 amide bonds. The number of sulfonamides is 1. The van der Waals surface area contributed by atoms with E-state index in [0.29, 0.717) is 22.2 Å². The summed E-state index contributed by atoms with van der Waals surface area (Å²) in [7, 11) is -2.56. The first-order valence-corrected chi connectivity index (χ1v) is 10.8. The molecule has 0 aliphatic carbocycles. The van der Waals surface area contributed by atoms with Gasteiger partial charge in [-0.25, -0.2) is 8.42 Å². The van der Waals surface area contributed by atoms with Gasteiger partial charge in [-0.15, -0.1) is 0 Å². The van der Waals surface area contributed by atoms with Gasteiger partial charge in [-0.05, 0) is 48.5 Å². The highest BCUT2D eigenvalue weighted by Crippen LogP contribution is 2.38. The van der Waals surface area contributed by atoms with Crippen molar-refractivity contribution in [2.75, 3.05) is 17.1 Å². The molecular formula is C20H14Cl2N2O5S. The van der Waals surface area contributed by atoms with Crippen molar-refractivity contribution < 1.29 is 22.7 Å². The van der Waals surface area contributed by atoms with E-state index in [1.54, 1.807) is 18.2 Å². The van der Waals surface area contributed by atoms with E-state index in [1.807, 2.05) is 0 Å². The average molecular weight is 465 g/mol. The number of hydrogen-bond acceptors (Lipinski definition) is 5. The number of amides is 1. The van der Waals surface area contributed by atoms with Gasteiger partial charge in [0.25, 0.3) is 15.9 Å². The van der Waals surface area contributed by atoms with Crippen LogP contribution in [0, 0.1) is 0 Å².